The minimum atomic E-state index is 0.981. The van der Waals surface area contributed by atoms with Gasteiger partial charge in [-0.2, -0.15) is 0 Å². The zero-order valence-corrected chi connectivity index (χ0v) is 7.43. The molecule has 0 bridgehead atoms. The molecule has 11 heavy (non-hydrogen) atoms. The monoisotopic (exact) mass is 175 g/mol. The molecule has 0 unspecified atom stereocenters. The first-order valence-corrected chi connectivity index (χ1v) is 3.73. The maximum absolute atomic E-state index is 6.47. The molecule has 0 aromatic carbocycles. The van der Waals surface area contributed by atoms with E-state index in [1.807, 2.05) is 19.1 Å². The Balaban J connectivity index is 0.000000461. The summed E-state index contributed by atoms with van der Waals surface area (Å²) in [5.74, 6) is 1.96. The van der Waals surface area contributed by atoms with Crippen LogP contribution in [0.1, 0.15) is 24.9 Å². The van der Waals surface area contributed by atoms with Crippen molar-refractivity contribution in [3.05, 3.63) is 30.1 Å². The summed E-state index contributed by atoms with van der Waals surface area (Å²) in [5, 5.41) is 0. The largest absolute Gasteiger partial charge is 0.466 e. The Morgan fingerprint density at radius 3 is 2.55 bits per heavy atom. The lowest BCUT2D eigenvalue weighted by Gasteiger charge is -1.87. The molecule has 1 N–H and O–H groups in total. The molecule has 0 spiro atoms. The van der Waals surface area contributed by atoms with Gasteiger partial charge in [-0.1, -0.05) is 6.92 Å². The van der Waals surface area contributed by atoms with E-state index in [0.717, 1.165) is 17.9 Å². The van der Waals surface area contributed by atoms with E-state index in [0.29, 0.717) is 0 Å². The van der Waals surface area contributed by atoms with Crippen LogP contribution in [0.2, 0.25) is 0 Å². The first kappa shape index (κ1) is 10.5. The van der Waals surface area contributed by atoms with Crippen LogP contribution in [0.25, 0.3) is 0 Å². The van der Waals surface area contributed by atoms with Gasteiger partial charge in [0.15, 0.2) is 0 Å². The number of furan rings is 1. The molecular weight excluding hydrogens is 164 g/mol. The summed E-state index contributed by atoms with van der Waals surface area (Å²) in [5.41, 5.74) is 0. The lowest BCUT2D eigenvalue weighted by atomic mass is 10.3. The molecule has 1 heterocycles. The normalized spacial score (nSPS) is 8.73. The van der Waals surface area contributed by atoms with E-state index >= 15 is 0 Å². The van der Waals surface area contributed by atoms with E-state index in [1.54, 1.807) is 0 Å². The number of rotatable bonds is 2. The van der Waals surface area contributed by atoms with Crippen LogP contribution in [0.5, 0.6) is 0 Å². The Hall–Kier alpha value is -0.470. The van der Waals surface area contributed by atoms with Crippen LogP contribution in [-0.2, 0) is 0 Å². The quantitative estimate of drug-likeness (QED) is 0.750. The molecule has 1 aromatic heterocycles. The first-order chi connectivity index (χ1) is 5.33. The second-order valence-electron chi connectivity index (χ2n) is 2.06. The Kier molecular flexibility index (Phi) is 5.99. The van der Waals surface area contributed by atoms with Gasteiger partial charge in [0.2, 0.25) is 0 Å². The number of aryl methyl sites for hydroxylation is 1. The van der Waals surface area contributed by atoms with Crippen LogP contribution >= 0.6 is 11.9 Å². The van der Waals surface area contributed by atoms with Gasteiger partial charge in [-0.05, 0) is 25.5 Å². The minimum Gasteiger partial charge on any atom is -0.466 e. The van der Waals surface area contributed by atoms with Gasteiger partial charge in [0.1, 0.15) is 11.5 Å². The van der Waals surface area contributed by atoms with Gasteiger partial charge < -0.3 is 4.42 Å². The van der Waals surface area contributed by atoms with E-state index < -0.39 is 0 Å². The van der Waals surface area contributed by atoms with Gasteiger partial charge in [-0.3, -0.25) is 4.66 Å². The van der Waals surface area contributed by atoms with Crippen molar-refractivity contribution in [1.29, 1.82) is 0 Å². The molecule has 1 aromatic rings. The van der Waals surface area contributed by atoms with Gasteiger partial charge in [0, 0.05) is 6.42 Å². The molecule has 0 saturated carbocycles. The lowest BCUT2D eigenvalue weighted by molar-refractivity contribution is 0.507. The van der Waals surface area contributed by atoms with Crippen molar-refractivity contribution in [2.75, 3.05) is 0 Å². The van der Waals surface area contributed by atoms with Gasteiger partial charge in [0.25, 0.3) is 0 Å². The predicted octanol–water partition coefficient (Wildman–Crippen LogP) is 2.68. The van der Waals surface area contributed by atoms with Crippen molar-refractivity contribution in [2.45, 2.75) is 20.3 Å². The molecule has 0 saturated heterocycles. The number of hydrogen-bond donors (Lipinski definition) is 1. The van der Waals surface area contributed by atoms with Gasteiger partial charge >= 0.3 is 0 Å². The first-order valence-electron chi connectivity index (χ1n) is 3.39. The summed E-state index contributed by atoms with van der Waals surface area (Å²) < 4.78 is 11.7. The van der Waals surface area contributed by atoms with Crippen molar-refractivity contribution in [2.24, 2.45) is 0 Å². The van der Waals surface area contributed by atoms with Crippen LogP contribution in [-0.4, -0.2) is 4.66 Å². The Morgan fingerprint density at radius 2 is 2.18 bits per heavy atom. The van der Waals surface area contributed by atoms with Crippen LogP contribution < -0.4 is 0 Å². The van der Waals surface area contributed by atoms with Crippen LogP contribution in [0, 0.1) is 13.3 Å². The van der Waals surface area contributed by atoms with Crippen molar-refractivity contribution in [3.63, 3.8) is 0 Å². The molecule has 0 amide bonds. The Bertz CT molecular complexity index is 184. The predicted molar refractivity (Wildman–Crippen MR) is 45.2 cm³/mol. The fraction of sp³-hybridized carbons (Fsp3) is 0.375. The summed E-state index contributed by atoms with van der Waals surface area (Å²) in [6.07, 6.45) is 3.10. The van der Waals surface area contributed by atoms with Gasteiger partial charge in [-0.15, -0.1) is 0 Å². The maximum Gasteiger partial charge on any atom is 0.107 e. The highest BCUT2D eigenvalue weighted by Gasteiger charge is 1.94. The van der Waals surface area contributed by atoms with E-state index in [9.17, 15) is 0 Å². The van der Waals surface area contributed by atoms with E-state index in [4.69, 9.17) is 9.08 Å². The third-order valence-corrected chi connectivity index (χ3v) is 1.17. The van der Waals surface area contributed by atoms with Crippen molar-refractivity contribution >= 4 is 11.9 Å². The summed E-state index contributed by atoms with van der Waals surface area (Å²) >= 11 is 3.64. The molecule has 0 aliphatic heterocycles. The number of halogens is 1. The average Bonchev–Trinajstić information content (AvgIpc) is 2.41. The molecule has 0 aliphatic carbocycles. The molecular formula is C8H12ClO2. The fourth-order valence-electron chi connectivity index (χ4n) is 0.764. The summed E-state index contributed by atoms with van der Waals surface area (Å²) in [4.78, 5) is 0. The summed E-state index contributed by atoms with van der Waals surface area (Å²) in [7, 11) is 0. The zero-order valence-electron chi connectivity index (χ0n) is 6.67. The average molecular weight is 176 g/mol. The van der Waals surface area contributed by atoms with Crippen LogP contribution in [0.15, 0.2) is 16.5 Å². The molecule has 0 atom stereocenters. The van der Waals surface area contributed by atoms with E-state index in [1.165, 1.54) is 0 Å². The number of hydrogen-bond acceptors (Lipinski definition) is 2. The second kappa shape index (κ2) is 6.25. The van der Waals surface area contributed by atoms with Crippen LogP contribution in [0.4, 0.5) is 0 Å². The summed E-state index contributed by atoms with van der Waals surface area (Å²) in [6.45, 7) is 4.05. The smallest absolute Gasteiger partial charge is 0.107 e. The van der Waals surface area contributed by atoms with Crippen molar-refractivity contribution in [1.82, 2.24) is 0 Å². The minimum absolute atomic E-state index is 0.981. The molecule has 1 rings (SSSR count). The van der Waals surface area contributed by atoms with Crippen LogP contribution in [0.3, 0.4) is 0 Å². The highest BCUT2D eigenvalue weighted by molar-refractivity contribution is 6.04. The topological polar surface area (TPSA) is 33.4 Å². The van der Waals surface area contributed by atoms with E-state index in [2.05, 4.69) is 25.2 Å². The zero-order chi connectivity index (χ0) is 8.69. The van der Waals surface area contributed by atoms with Crippen molar-refractivity contribution < 1.29 is 9.08 Å². The summed E-state index contributed by atoms with van der Waals surface area (Å²) in [6, 6.07) is 3.96. The molecule has 0 aliphatic rings. The highest BCUT2D eigenvalue weighted by atomic mass is 35.5. The molecule has 3 heteroatoms. The fourth-order valence-corrected chi connectivity index (χ4v) is 0.764. The van der Waals surface area contributed by atoms with Gasteiger partial charge in [-0.25, -0.2) is 0 Å². The van der Waals surface area contributed by atoms with Crippen molar-refractivity contribution in [3.8, 4) is 0 Å². The maximum atomic E-state index is 6.47. The molecule has 1 radical (unpaired) electrons. The standard InChI is InChI=1S/C8H11O.ClHO/c1-3-4-8-6-5-7(2)9-8;1-2/h4-6H,3H2,1-2H3;2H. The van der Waals surface area contributed by atoms with E-state index in [-0.39, 0.29) is 0 Å². The lowest BCUT2D eigenvalue weighted by Crippen LogP contribution is -1.70. The molecule has 0 fully saturated rings. The van der Waals surface area contributed by atoms with Gasteiger partial charge in [0.05, 0.1) is 11.9 Å². The third-order valence-electron chi connectivity index (χ3n) is 1.17. The highest BCUT2D eigenvalue weighted by Crippen LogP contribution is 2.09. The molecule has 63 valence electrons. The molecule has 2 nitrogen and oxygen atoms in total. The Labute approximate surface area is 72.0 Å². The third kappa shape index (κ3) is 4.06. The Morgan fingerprint density at radius 1 is 1.55 bits per heavy atom. The SMILES string of the molecule is CC[CH]c1ccc(C)o1.OCl. The second-order valence-corrected chi connectivity index (χ2v) is 2.06.